The van der Waals surface area contributed by atoms with E-state index in [0.29, 0.717) is 6.54 Å². The number of rotatable bonds is 9. The van der Waals surface area contributed by atoms with Gasteiger partial charge in [0, 0.05) is 24.7 Å². The number of hydrogen-bond acceptors (Lipinski definition) is 3. The molecule has 0 saturated heterocycles. The minimum absolute atomic E-state index is 0.117. The highest BCUT2D eigenvalue weighted by Gasteiger charge is 2.07. The molecule has 138 valence electrons. The zero-order chi connectivity index (χ0) is 18.8. The van der Waals surface area contributed by atoms with E-state index in [4.69, 9.17) is 4.74 Å². The van der Waals surface area contributed by atoms with Gasteiger partial charge in [0.15, 0.2) is 0 Å². The van der Waals surface area contributed by atoms with Crippen molar-refractivity contribution in [2.24, 2.45) is 0 Å². The van der Waals surface area contributed by atoms with Crippen LogP contribution in [0.5, 0.6) is 5.75 Å². The van der Waals surface area contributed by atoms with Crippen molar-refractivity contribution < 1.29 is 9.53 Å². The fourth-order valence-electron chi connectivity index (χ4n) is 2.78. The molecule has 0 aliphatic heterocycles. The van der Waals surface area contributed by atoms with Gasteiger partial charge >= 0.3 is 0 Å². The number of amides is 1. The molecule has 1 N–H and O–H groups in total. The monoisotopic (exact) mass is 352 g/mol. The molecule has 0 fully saturated rings. The van der Waals surface area contributed by atoms with Gasteiger partial charge in [-0.15, -0.1) is 0 Å². The van der Waals surface area contributed by atoms with Crippen molar-refractivity contribution >= 4 is 12.0 Å². The molecule has 1 amide bonds. The number of carbonyl (C=O) groups excluding carboxylic acids is 1. The second kappa shape index (κ2) is 10.4. The standard InChI is InChI=1S/C22H28N2O2/c1-4-24(5-2)17-20-12-7-6-11-19(20)16-23-22(25)15-14-18-10-8-9-13-21(18)26-3/h6-15H,4-5,16-17H2,1-3H3,(H,23,25)/b15-14+. The first-order chi connectivity index (χ1) is 12.7. The number of methoxy groups -OCH3 is 1. The van der Waals surface area contributed by atoms with Crippen LogP contribution in [0.3, 0.4) is 0 Å². The van der Waals surface area contributed by atoms with Gasteiger partial charge in [0.25, 0.3) is 0 Å². The molecule has 2 aromatic carbocycles. The van der Waals surface area contributed by atoms with Gasteiger partial charge in [-0.2, -0.15) is 0 Å². The third kappa shape index (κ3) is 5.74. The lowest BCUT2D eigenvalue weighted by Crippen LogP contribution is -2.25. The lowest BCUT2D eigenvalue weighted by molar-refractivity contribution is -0.116. The number of nitrogens with zero attached hydrogens (tertiary/aromatic N) is 1. The van der Waals surface area contributed by atoms with Gasteiger partial charge in [0.1, 0.15) is 5.75 Å². The van der Waals surface area contributed by atoms with Crippen LogP contribution in [0.15, 0.2) is 54.6 Å². The summed E-state index contributed by atoms with van der Waals surface area (Å²) in [6, 6.07) is 15.9. The molecule has 0 aromatic heterocycles. The summed E-state index contributed by atoms with van der Waals surface area (Å²) in [4.78, 5) is 14.5. The smallest absolute Gasteiger partial charge is 0.244 e. The van der Waals surface area contributed by atoms with E-state index in [1.54, 1.807) is 19.3 Å². The molecular formula is C22H28N2O2. The maximum atomic E-state index is 12.2. The van der Waals surface area contributed by atoms with Crippen molar-refractivity contribution in [3.05, 3.63) is 71.3 Å². The quantitative estimate of drug-likeness (QED) is 0.697. The minimum Gasteiger partial charge on any atom is -0.496 e. The van der Waals surface area contributed by atoms with Crippen LogP contribution < -0.4 is 10.1 Å². The highest BCUT2D eigenvalue weighted by molar-refractivity contribution is 5.92. The second-order valence-electron chi connectivity index (χ2n) is 6.02. The molecule has 2 rings (SSSR count). The van der Waals surface area contributed by atoms with Crippen LogP contribution in [0, 0.1) is 0 Å². The minimum atomic E-state index is -0.117. The highest BCUT2D eigenvalue weighted by Crippen LogP contribution is 2.18. The molecule has 0 spiro atoms. The Bertz CT molecular complexity index is 736. The van der Waals surface area contributed by atoms with E-state index in [9.17, 15) is 4.79 Å². The van der Waals surface area contributed by atoms with Crippen LogP contribution in [-0.4, -0.2) is 31.0 Å². The SMILES string of the molecule is CCN(CC)Cc1ccccc1CNC(=O)/C=C/c1ccccc1OC. The van der Waals surface area contributed by atoms with Crippen molar-refractivity contribution in [1.82, 2.24) is 10.2 Å². The van der Waals surface area contributed by atoms with Crippen LogP contribution in [0.4, 0.5) is 0 Å². The van der Waals surface area contributed by atoms with Gasteiger partial charge in [-0.1, -0.05) is 56.3 Å². The third-order valence-corrected chi connectivity index (χ3v) is 4.41. The van der Waals surface area contributed by atoms with Gasteiger partial charge in [0.2, 0.25) is 5.91 Å². The van der Waals surface area contributed by atoms with E-state index in [2.05, 4.69) is 36.2 Å². The molecule has 0 saturated carbocycles. The van der Waals surface area contributed by atoms with Crippen molar-refractivity contribution in [3.63, 3.8) is 0 Å². The number of benzene rings is 2. The fraction of sp³-hybridized carbons (Fsp3) is 0.318. The topological polar surface area (TPSA) is 41.6 Å². The van der Waals surface area contributed by atoms with Crippen molar-refractivity contribution in [1.29, 1.82) is 0 Å². The lowest BCUT2D eigenvalue weighted by Gasteiger charge is -2.20. The van der Waals surface area contributed by atoms with E-state index in [1.165, 1.54) is 5.56 Å². The second-order valence-corrected chi connectivity index (χ2v) is 6.02. The molecule has 26 heavy (non-hydrogen) atoms. The zero-order valence-corrected chi connectivity index (χ0v) is 15.9. The van der Waals surface area contributed by atoms with Crippen molar-refractivity contribution in [2.75, 3.05) is 20.2 Å². The largest absolute Gasteiger partial charge is 0.496 e. The van der Waals surface area contributed by atoms with E-state index in [-0.39, 0.29) is 5.91 Å². The van der Waals surface area contributed by atoms with Crippen LogP contribution >= 0.6 is 0 Å². The number of hydrogen-bond donors (Lipinski definition) is 1. The summed E-state index contributed by atoms with van der Waals surface area (Å²) in [6.45, 7) is 7.77. The predicted molar refractivity (Wildman–Crippen MR) is 107 cm³/mol. The normalized spacial score (nSPS) is 11.1. The average Bonchev–Trinajstić information content (AvgIpc) is 2.69. The number of carbonyl (C=O) groups is 1. The molecule has 4 heteroatoms. The average molecular weight is 352 g/mol. The molecular weight excluding hydrogens is 324 g/mol. The first-order valence-corrected chi connectivity index (χ1v) is 9.06. The lowest BCUT2D eigenvalue weighted by atomic mass is 10.1. The van der Waals surface area contributed by atoms with E-state index < -0.39 is 0 Å². The summed E-state index contributed by atoms with van der Waals surface area (Å²) in [5.41, 5.74) is 3.29. The molecule has 2 aromatic rings. The fourth-order valence-corrected chi connectivity index (χ4v) is 2.78. The number of ether oxygens (including phenoxy) is 1. The maximum absolute atomic E-state index is 12.2. The van der Waals surface area contributed by atoms with Crippen molar-refractivity contribution in [2.45, 2.75) is 26.9 Å². The Kier molecular flexibility index (Phi) is 7.90. The van der Waals surface area contributed by atoms with Gasteiger partial charge < -0.3 is 10.1 Å². The summed E-state index contributed by atoms with van der Waals surface area (Å²) in [7, 11) is 1.62. The van der Waals surface area contributed by atoms with Gasteiger partial charge in [-0.25, -0.2) is 0 Å². The molecule has 0 aliphatic carbocycles. The molecule has 0 radical (unpaired) electrons. The van der Waals surface area contributed by atoms with Crippen molar-refractivity contribution in [3.8, 4) is 5.75 Å². The molecule has 4 nitrogen and oxygen atoms in total. The number of para-hydroxylation sites is 1. The summed E-state index contributed by atoms with van der Waals surface area (Å²) in [5, 5.41) is 2.97. The summed E-state index contributed by atoms with van der Waals surface area (Å²) in [6.07, 6.45) is 3.32. The third-order valence-electron chi connectivity index (χ3n) is 4.41. The maximum Gasteiger partial charge on any atom is 0.244 e. The highest BCUT2D eigenvalue weighted by atomic mass is 16.5. The van der Waals surface area contributed by atoms with Gasteiger partial charge in [0.05, 0.1) is 7.11 Å². The Labute approximate surface area is 156 Å². The van der Waals surface area contributed by atoms with E-state index in [1.807, 2.05) is 36.4 Å². The van der Waals surface area contributed by atoms with E-state index in [0.717, 1.165) is 36.5 Å². The van der Waals surface area contributed by atoms with Crippen LogP contribution in [-0.2, 0) is 17.9 Å². The van der Waals surface area contributed by atoms with Crippen LogP contribution in [0.25, 0.3) is 6.08 Å². The Morgan fingerprint density at radius 2 is 1.69 bits per heavy atom. The summed E-state index contributed by atoms with van der Waals surface area (Å²) >= 11 is 0. The van der Waals surface area contributed by atoms with Gasteiger partial charge in [-0.3, -0.25) is 9.69 Å². The van der Waals surface area contributed by atoms with Gasteiger partial charge in [-0.05, 0) is 36.4 Å². The summed E-state index contributed by atoms with van der Waals surface area (Å²) in [5.74, 6) is 0.634. The first-order valence-electron chi connectivity index (χ1n) is 9.06. The predicted octanol–water partition coefficient (Wildman–Crippen LogP) is 3.87. The first kappa shape index (κ1) is 19.7. The Morgan fingerprint density at radius 3 is 2.38 bits per heavy atom. The Morgan fingerprint density at radius 1 is 1.04 bits per heavy atom. The molecule has 0 heterocycles. The molecule has 0 atom stereocenters. The molecule has 0 unspecified atom stereocenters. The van der Waals surface area contributed by atoms with Crippen LogP contribution in [0.2, 0.25) is 0 Å². The Hall–Kier alpha value is -2.59. The zero-order valence-electron chi connectivity index (χ0n) is 15.9. The van der Waals surface area contributed by atoms with Crippen LogP contribution in [0.1, 0.15) is 30.5 Å². The molecule has 0 bridgehead atoms. The number of nitrogens with one attached hydrogen (secondary N) is 1. The summed E-state index contributed by atoms with van der Waals surface area (Å²) < 4.78 is 5.29. The van der Waals surface area contributed by atoms with E-state index >= 15 is 0 Å². The Balaban J connectivity index is 1.98. The molecule has 0 aliphatic rings.